The Labute approximate surface area is 63.0 Å². The number of aromatic nitrogens is 1. The van der Waals surface area contributed by atoms with Gasteiger partial charge in [0.15, 0.2) is 0 Å². The Hall–Kier alpha value is -0.900. The molecule has 0 saturated heterocycles. The van der Waals surface area contributed by atoms with Gasteiger partial charge in [-0.15, -0.1) is 11.3 Å². The van der Waals surface area contributed by atoms with Crippen LogP contribution in [0.1, 0.15) is 17.6 Å². The fourth-order valence-corrected chi connectivity index (χ4v) is 1.24. The minimum absolute atomic E-state index is 0.560. The molecular weight excluding hydrogens is 148 g/mol. The zero-order valence-corrected chi connectivity index (χ0v) is 6.64. The molecule has 0 fully saturated rings. The van der Waals surface area contributed by atoms with Gasteiger partial charge in [-0.3, -0.25) is 0 Å². The lowest BCUT2D eigenvalue weighted by Gasteiger charge is -1.86. The Balaban J connectivity index is 2.95. The second kappa shape index (κ2) is 2.79. The topological polar surface area (TPSA) is 45.5 Å². The molecule has 0 aliphatic rings. The van der Waals surface area contributed by atoms with Crippen molar-refractivity contribution in [1.82, 2.24) is 4.98 Å². The summed E-state index contributed by atoms with van der Waals surface area (Å²) in [6.45, 7) is 3.63. The Bertz CT molecular complexity index is 254. The summed E-state index contributed by atoms with van der Waals surface area (Å²) in [6, 6.07) is 0. The van der Waals surface area contributed by atoms with Gasteiger partial charge >= 0.3 is 0 Å². The van der Waals surface area contributed by atoms with E-state index in [4.69, 9.17) is 5.21 Å². The van der Waals surface area contributed by atoms with E-state index < -0.39 is 0 Å². The van der Waals surface area contributed by atoms with Crippen LogP contribution in [0, 0.1) is 6.92 Å². The van der Waals surface area contributed by atoms with E-state index >= 15 is 0 Å². The smallest absolute Gasteiger partial charge is 0.103 e. The Morgan fingerprint density at radius 3 is 2.90 bits per heavy atom. The third kappa shape index (κ3) is 1.33. The number of aryl methyl sites for hydroxylation is 1. The lowest BCUT2D eigenvalue weighted by atomic mass is 10.3. The highest BCUT2D eigenvalue weighted by atomic mass is 32.1. The molecule has 4 heteroatoms. The predicted molar refractivity (Wildman–Crippen MR) is 40.8 cm³/mol. The summed E-state index contributed by atoms with van der Waals surface area (Å²) in [5, 5.41) is 14.2. The van der Waals surface area contributed by atoms with Gasteiger partial charge in [0.05, 0.1) is 10.7 Å². The molecule has 1 N–H and O–H groups in total. The highest BCUT2D eigenvalue weighted by Crippen LogP contribution is 2.08. The molecule has 54 valence electrons. The third-order valence-corrected chi connectivity index (χ3v) is 1.91. The molecule has 1 aromatic heterocycles. The maximum Gasteiger partial charge on any atom is 0.103 e. The van der Waals surface area contributed by atoms with E-state index in [1.165, 1.54) is 0 Å². The summed E-state index contributed by atoms with van der Waals surface area (Å²) in [7, 11) is 0. The average Bonchev–Trinajstić information content (AvgIpc) is 2.34. The summed E-state index contributed by atoms with van der Waals surface area (Å²) in [4.78, 5) is 4.11. The van der Waals surface area contributed by atoms with Crippen LogP contribution in [-0.2, 0) is 0 Å². The molecule has 0 aliphatic heterocycles. The first-order chi connectivity index (χ1) is 4.74. The van der Waals surface area contributed by atoms with Crippen molar-refractivity contribution >= 4 is 17.0 Å². The number of thiazole rings is 1. The van der Waals surface area contributed by atoms with E-state index in [0.29, 0.717) is 5.71 Å². The lowest BCUT2D eigenvalue weighted by Crippen LogP contribution is -1.93. The number of oxime groups is 1. The van der Waals surface area contributed by atoms with Crippen molar-refractivity contribution in [1.29, 1.82) is 0 Å². The minimum Gasteiger partial charge on any atom is -0.411 e. The van der Waals surface area contributed by atoms with Crippen LogP contribution >= 0.6 is 11.3 Å². The van der Waals surface area contributed by atoms with E-state index in [1.807, 2.05) is 12.3 Å². The van der Waals surface area contributed by atoms with Crippen LogP contribution in [0.2, 0.25) is 0 Å². The first-order valence-electron chi connectivity index (χ1n) is 2.85. The van der Waals surface area contributed by atoms with Crippen LogP contribution in [0.4, 0.5) is 0 Å². The maximum absolute atomic E-state index is 8.35. The van der Waals surface area contributed by atoms with Gasteiger partial charge in [-0.05, 0) is 13.8 Å². The van der Waals surface area contributed by atoms with E-state index in [0.717, 1.165) is 10.7 Å². The molecule has 3 nitrogen and oxygen atoms in total. The van der Waals surface area contributed by atoms with Crippen LogP contribution in [0.3, 0.4) is 0 Å². The molecule has 0 aromatic carbocycles. The quantitative estimate of drug-likeness (QED) is 0.381. The lowest BCUT2D eigenvalue weighted by molar-refractivity contribution is 0.319. The van der Waals surface area contributed by atoms with Gasteiger partial charge in [-0.1, -0.05) is 5.16 Å². The monoisotopic (exact) mass is 156 g/mol. The van der Waals surface area contributed by atoms with E-state index in [-0.39, 0.29) is 0 Å². The molecule has 0 spiro atoms. The van der Waals surface area contributed by atoms with Crippen LogP contribution in [0.15, 0.2) is 10.5 Å². The number of hydrogen-bond donors (Lipinski definition) is 1. The number of nitrogens with zero attached hydrogens (tertiary/aromatic N) is 2. The second-order valence-electron chi connectivity index (χ2n) is 1.94. The summed E-state index contributed by atoms with van der Waals surface area (Å²) in [6.07, 6.45) is 0. The van der Waals surface area contributed by atoms with Crippen molar-refractivity contribution in [3.8, 4) is 0 Å². The van der Waals surface area contributed by atoms with E-state index in [2.05, 4.69) is 10.1 Å². The van der Waals surface area contributed by atoms with Crippen molar-refractivity contribution in [3.05, 3.63) is 16.1 Å². The SMILES string of the molecule is C/C(=N/O)c1csc(C)n1. The largest absolute Gasteiger partial charge is 0.411 e. The maximum atomic E-state index is 8.35. The highest BCUT2D eigenvalue weighted by Gasteiger charge is 2.00. The zero-order valence-electron chi connectivity index (χ0n) is 5.83. The summed E-state index contributed by atoms with van der Waals surface area (Å²) in [5.74, 6) is 0. The molecule has 0 amide bonds. The van der Waals surface area contributed by atoms with E-state index in [1.54, 1.807) is 18.3 Å². The Kier molecular flexibility index (Phi) is 2.01. The van der Waals surface area contributed by atoms with Gasteiger partial charge in [0.2, 0.25) is 0 Å². The molecule has 0 aliphatic carbocycles. The summed E-state index contributed by atoms with van der Waals surface area (Å²) in [5.41, 5.74) is 1.31. The van der Waals surface area contributed by atoms with Gasteiger partial charge in [0, 0.05) is 5.38 Å². The van der Waals surface area contributed by atoms with Gasteiger partial charge in [0.25, 0.3) is 0 Å². The van der Waals surface area contributed by atoms with Gasteiger partial charge in [-0.25, -0.2) is 4.98 Å². The molecule has 0 unspecified atom stereocenters. The Morgan fingerprint density at radius 1 is 1.80 bits per heavy atom. The zero-order chi connectivity index (χ0) is 7.56. The predicted octanol–water partition coefficient (Wildman–Crippen LogP) is 1.65. The molecular formula is C6H8N2OS. The standard InChI is InChI=1S/C6H8N2OS/c1-4(8-9)6-3-10-5(2)7-6/h3,9H,1-2H3/b8-4-. The third-order valence-electron chi connectivity index (χ3n) is 1.14. The number of hydrogen-bond acceptors (Lipinski definition) is 4. The van der Waals surface area contributed by atoms with Crippen LogP contribution in [0.25, 0.3) is 0 Å². The molecule has 1 rings (SSSR count). The van der Waals surface area contributed by atoms with Crippen LogP contribution < -0.4 is 0 Å². The first kappa shape index (κ1) is 7.21. The molecule has 0 saturated carbocycles. The molecule has 1 aromatic rings. The fraction of sp³-hybridized carbons (Fsp3) is 0.333. The number of rotatable bonds is 1. The molecule has 0 radical (unpaired) electrons. The Morgan fingerprint density at radius 2 is 2.50 bits per heavy atom. The molecule has 0 bridgehead atoms. The fourth-order valence-electron chi connectivity index (χ4n) is 0.581. The van der Waals surface area contributed by atoms with E-state index in [9.17, 15) is 0 Å². The molecule has 0 atom stereocenters. The highest BCUT2D eigenvalue weighted by molar-refractivity contribution is 7.09. The van der Waals surface area contributed by atoms with Crippen molar-refractivity contribution in [3.63, 3.8) is 0 Å². The van der Waals surface area contributed by atoms with Crippen molar-refractivity contribution in [2.75, 3.05) is 0 Å². The van der Waals surface area contributed by atoms with Crippen molar-refractivity contribution < 1.29 is 5.21 Å². The van der Waals surface area contributed by atoms with Crippen molar-refractivity contribution in [2.24, 2.45) is 5.16 Å². The van der Waals surface area contributed by atoms with Gasteiger partial charge < -0.3 is 5.21 Å². The summed E-state index contributed by atoms with van der Waals surface area (Å²) >= 11 is 1.55. The normalized spacial score (nSPS) is 12.0. The molecule has 1 heterocycles. The average molecular weight is 156 g/mol. The van der Waals surface area contributed by atoms with Crippen molar-refractivity contribution in [2.45, 2.75) is 13.8 Å². The van der Waals surface area contributed by atoms with Gasteiger partial charge in [0.1, 0.15) is 5.71 Å². The van der Waals surface area contributed by atoms with Crippen LogP contribution in [-0.4, -0.2) is 15.9 Å². The van der Waals surface area contributed by atoms with Gasteiger partial charge in [-0.2, -0.15) is 0 Å². The second-order valence-corrected chi connectivity index (χ2v) is 3.00. The molecule has 10 heavy (non-hydrogen) atoms. The first-order valence-corrected chi connectivity index (χ1v) is 3.73. The minimum atomic E-state index is 0.560. The summed E-state index contributed by atoms with van der Waals surface area (Å²) < 4.78 is 0. The van der Waals surface area contributed by atoms with Crippen LogP contribution in [0.5, 0.6) is 0 Å².